The minimum atomic E-state index is -4.42. The van der Waals surface area contributed by atoms with Gasteiger partial charge < -0.3 is 5.73 Å². The number of rotatable bonds is 2. The molecule has 0 amide bonds. The normalized spacial score (nSPS) is 17.5. The number of alkyl halides is 3. The molecule has 0 bridgehead atoms. The van der Waals surface area contributed by atoms with E-state index >= 15 is 0 Å². The zero-order valence-corrected chi connectivity index (χ0v) is 10.4. The van der Waals surface area contributed by atoms with Crippen molar-refractivity contribution in [3.05, 3.63) is 34.3 Å². The minimum absolute atomic E-state index is 0. The third-order valence-corrected chi connectivity index (χ3v) is 3.24. The van der Waals surface area contributed by atoms with Crippen molar-refractivity contribution in [3.8, 4) is 0 Å². The maximum Gasteiger partial charge on any atom is 0.417 e. The van der Waals surface area contributed by atoms with Gasteiger partial charge in [-0.25, -0.2) is 0 Å². The van der Waals surface area contributed by atoms with E-state index in [1.165, 1.54) is 6.07 Å². The first-order chi connectivity index (χ1) is 7.41. The summed E-state index contributed by atoms with van der Waals surface area (Å²) in [5.74, 6) is 0.279. The van der Waals surface area contributed by atoms with Crippen molar-refractivity contribution in [1.82, 2.24) is 0 Å². The zero-order chi connectivity index (χ0) is 11.9. The van der Waals surface area contributed by atoms with Gasteiger partial charge in [0.15, 0.2) is 0 Å². The van der Waals surface area contributed by atoms with Crippen LogP contribution >= 0.6 is 24.0 Å². The molecule has 1 aromatic rings. The summed E-state index contributed by atoms with van der Waals surface area (Å²) in [6.07, 6.45) is -2.49. The van der Waals surface area contributed by atoms with Gasteiger partial charge in [-0.1, -0.05) is 23.7 Å². The lowest BCUT2D eigenvalue weighted by atomic mass is 10.0. The van der Waals surface area contributed by atoms with Gasteiger partial charge in [0.2, 0.25) is 0 Å². The highest BCUT2D eigenvalue weighted by atomic mass is 35.5. The SMILES string of the molecule is Cl.N[C@@H](c1cccc(C(F)(F)F)c1Cl)C1CC1. The quantitative estimate of drug-likeness (QED) is 0.866. The van der Waals surface area contributed by atoms with Crippen LogP contribution in [0.3, 0.4) is 0 Å². The molecule has 6 heteroatoms. The summed E-state index contributed by atoms with van der Waals surface area (Å²) in [4.78, 5) is 0. The van der Waals surface area contributed by atoms with Crippen LogP contribution < -0.4 is 5.73 Å². The highest BCUT2D eigenvalue weighted by Gasteiger charge is 2.36. The second kappa shape index (κ2) is 5.04. The summed E-state index contributed by atoms with van der Waals surface area (Å²) in [5.41, 5.74) is 5.46. The molecule has 1 atom stereocenters. The molecule has 0 aromatic heterocycles. The van der Waals surface area contributed by atoms with Crippen LogP contribution in [0.15, 0.2) is 18.2 Å². The van der Waals surface area contributed by atoms with Crippen molar-refractivity contribution in [2.24, 2.45) is 11.7 Å². The van der Waals surface area contributed by atoms with E-state index in [-0.39, 0.29) is 29.4 Å². The number of halogens is 5. The molecule has 1 nitrogen and oxygen atoms in total. The number of hydrogen-bond donors (Lipinski definition) is 1. The monoisotopic (exact) mass is 285 g/mol. The zero-order valence-electron chi connectivity index (χ0n) is 8.80. The van der Waals surface area contributed by atoms with Gasteiger partial charge in [-0.15, -0.1) is 12.4 Å². The van der Waals surface area contributed by atoms with E-state index in [0.29, 0.717) is 5.56 Å². The van der Waals surface area contributed by atoms with Gasteiger partial charge >= 0.3 is 6.18 Å². The second-order valence-corrected chi connectivity index (χ2v) is 4.45. The van der Waals surface area contributed by atoms with Crippen LogP contribution in [0.1, 0.15) is 30.0 Å². The van der Waals surface area contributed by atoms with Crippen LogP contribution in [0.25, 0.3) is 0 Å². The predicted octanol–water partition coefficient (Wildman–Crippen LogP) is 4.19. The van der Waals surface area contributed by atoms with E-state index < -0.39 is 11.7 Å². The summed E-state index contributed by atoms with van der Waals surface area (Å²) in [6.45, 7) is 0. The van der Waals surface area contributed by atoms with Crippen LogP contribution in [0, 0.1) is 5.92 Å². The lowest BCUT2D eigenvalue weighted by Crippen LogP contribution is -2.15. The van der Waals surface area contributed by atoms with Crippen molar-refractivity contribution in [1.29, 1.82) is 0 Å². The molecule has 0 aliphatic heterocycles. The molecule has 1 aliphatic carbocycles. The second-order valence-electron chi connectivity index (χ2n) is 4.07. The van der Waals surface area contributed by atoms with Crippen molar-refractivity contribution in [3.63, 3.8) is 0 Å². The van der Waals surface area contributed by atoms with Crippen LogP contribution in [0.4, 0.5) is 13.2 Å². The molecule has 0 spiro atoms. The van der Waals surface area contributed by atoms with Crippen molar-refractivity contribution >= 4 is 24.0 Å². The predicted molar refractivity (Wildman–Crippen MR) is 63.4 cm³/mol. The molecule has 96 valence electrons. The first-order valence-corrected chi connectivity index (χ1v) is 5.40. The summed E-state index contributed by atoms with van der Waals surface area (Å²) in [7, 11) is 0. The Kier molecular flexibility index (Phi) is 4.33. The average Bonchev–Trinajstić information content (AvgIpc) is 2.98. The third-order valence-electron chi connectivity index (χ3n) is 2.82. The van der Waals surface area contributed by atoms with E-state index in [9.17, 15) is 13.2 Å². The molecule has 2 N–H and O–H groups in total. The summed E-state index contributed by atoms with van der Waals surface area (Å²) in [5, 5.41) is -0.255. The lowest BCUT2D eigenvalue weighted by molar-refractivity contribution is -0.137. The molecule has 17 heavy (non-hydrogen) atoms. The maximum atomic E-state index is 12.6. The minimum Gasteiger partial charge on any atom is -0.324 e. The Morgan fingerprint density at radius 1 is 1.29 bits per heavy atom. The van der Waals surface area contributed by atoms with E-state index in [2.05, 4.69) is 0 Å². The number of nitrogens with two attached hydrogens (primary N) is 1. The largest absolute Gasteiger partial charge is 0.417 e. The molecule has 1 aromatic carbocycles. The van der Waals surface area contributed by atoms with Gasteiger partial charge in [-0.2, -0.15) is 13.2 Å². The molecular weight excluding hydrogens is 274 g/mol. The molecule has 0 unspecified atom stereocenters. The lowest BCUT2D eigenvalue weighted by Gasteiger charge is -2.16. The van der Waals surface area contributed by atoms with E-state index in [0.717, 1.165) is 18.9 Å². The standard InChI is InChI=1S/C11H11ClF3N.ClH/c12-9-7(10(16)6-4-5-6)2-1-3-8(9)11(13,14)15;/h1-3,6,10H,4-5,16H2;1H/t10-;/m1./s1. The molecule has 1 saturated carbocycles. The molecule has 0 saturated heterocycles. The Bertz CT molecular complexity index is 402. The van der Waals surface area contributed by atoms with Crippen molar-refractivity contribution < 1.29 is 13.2 Å². The molecular formula is C11H12Cl2F3N. The summed E-state index contributed by atoms with van der Waals surface area (Å²) in [6, 6.07) is 3.52. The maximum absolute atomic E-state index is 12.6. The van der Waals surface area contributed by atoms with Gasteiger partial charge in [-0.3, -0.25) is 0 Å². The first-order valence-electron chi connectivity index (χ1n) is 5.02. The highest BCUT2D eigenvalue weighted by molar-refractivity contribution is 6.32. The molecule has 0 radical (unpaired) electrons. The van der Waals surface area contributed by atoms with Crippen LogP contribution in [0.5, 0.6) is 0 Å². The Balaban J connectivity index is 0.00000144. The Morgan fingerprint density at radius 3 is 2.35 bits per heavy atom. The average molecular weight is 286 g/mol. The van der Waals surface area contributed by atoms with E-state index in [1.54, 1.807) is 6.07 Å². The number of benzene rings is 1. The van der Waals surface area contributed by atoms with Gasteiger partial charge in [-0.05, 0) is 30.4 Å². The fourth-order valence-electron chi connectivity index (χ4n) is 1.74. The van der Waals surface area contributed by atoms with Crippen molar-refractivity contribution in [2.45, 2.75) is 25.1 Å². The molecule has 1 aliphatic rings. The van der Waals surface area contributed by atoms with E-state index in [1.807, 2.05) is 0 Å². The third kappa shape index (κ3) is 3.06. The van der Waals surface area contributed by atoms with Gasteiger partial charge in [0, 0.05) is 6.04 Å². The summed E-state index contributed by atoms with van der Waals surface area (Å²) < 4.78 is 37.8. The Hall–Kier alpha value is -0.450. The highest BCUT2D eigenvalue weighted by Crippen LogP contribution is 2.44. The number of hydrogen-bond acceptors (Lipinski definition) is 1. The van der Waals surface area contributed by atoms with Crippen LogP contribution in [-0.4, -0.2) is 0 Å². The van der Waals surface area contributed by atoms with Crippen molar-refractivity contribution in [2.75, 3.05) is 0 Å². The summed E-state index contributed by atoms with van der Waals surface area (Å²) >= 11 is 5.76. The Labute approximate surface area is 109 Å². The van der Waals surface area contributed by atoms with Gasteiger partial charge in [0.05, 0.1) is 10.6 Å². The van der Waals surface area contributed by atoms with Gasteiger partial charge in [0.25, 0.3) is 0 Å². The first kappa shape index (κ1) is 14.6. The Morgan fingerprint density at radius 2 is 1.88 bits per heavy atom. The van der Waals surface area contributed by atoms with Gasteiger partial charge in [0.1, 0.15) is 0 Å². The smallest absolute Gasteiger partial charge is 0.324 e. The van der Waals surface area contributed by atoms with E-state index in [4.69, 9.17) is 17.3 Å². The fourth-order valence-corrected chi connectivity index (χ4v) is 2.09. The molecule has 2 rings (SSSR count). The fraction of sp³-hybridized carbons (Fsp3) is 0.455. The van der Waals surface area contributed by atoms with Crippen LogP contribution in [0.2, 0.25) is 5.02 Å². The van der Waals surface area contributed by atoms with Crippen LogP contribution in [-0.2, 0) is 6.18 Å². The molecule has 1 fully saturated rings. The topological polar surface area (TPSA) is 26.0 Å². The molecule has 0 heterocycles.